The zero-order valence-corrected chi connectivity index (χ0v) is 31.5. The normalized spacial score (nSPS) is 17.9. The lowest BCUT2D eigenvalue weighted by molar-refractivity contribution is -0.125. The van der Waals surface area contributed by atoms with Crippen LogP contribution in [0.2, 0.25) is 0 Å². The van der Waals surface area contributed by atoms with Crippen LogP contribution in [0.1, 0.15) is 45.7 Å². The van der Waals surface area contributed by atoms with Crippen molar-refractivity contribution >= 4 is 39.5 Å². The van der Waals surface area contributed by atoms with E-state index in [0.29, 0.717) is 50.7 Å². The first-order valence-electron chi connectivity index (χ1n) is 19.5. The molecule has 3 aromatic heterocycles. The third-order valence-electron chi connectivity index (χ3n) is 10.9. The van der Waals surface area contributed by atoms with Gasteiger partial charge in [-0.25, -0.2) is 0 Å². The average molecular weight is 758 g/mol. The zero-order valence-electron chi connectivity index (χ0n) is 31.5. The number of fused-ring (bicyclic) bond motifs is 4. The molecule has 13 heteroatoms. The van der Waals surface area contributed by atoms with Crippen LogP contribution in [-0.2, 0) is 20.7 Å². The molecule has 2 saturated heterocycles. The number of nitrogens with one attached hydrogen (secondary N) is 2. The molecule has 56 heavy (non-hydrogen) atoms. The van der Waals surface area contributed by atoms with E-state index >= 15 is 0 Å². The number of hydrogen-bond acceptors (Lipinski definition) is 10. The highest BCUT2D eigenvalue weighted by molar-refractivity contribution is 6.23. The van der Waals surface area contributed by atoms with Gasteiger partial charge in [-0.15, -0.1) is 0 Å². The number of aryl methyl sites for hydroxylation is 1. The number of pyridine rings is 2. The molecule has 0 aliphatic carbocycles. The number of nitrogens with zero attached hydrogens (tertiary/aromatic N) is 5. The summed E-state index contributed by atoms with van der Waals surface area (Å²) >= 11 is 0. The summed E-state index contributed by atoms with van der Waals surface area (Å²) in [6.07, 6.45) is 8.64. The van der Waals surface area contributed by atoms with Crippen molar-refractivity contribution in [1.82, 2.24) is 35.0 Å². The highest BCUT2D eigenvalue weighted by Crippen LogP contribution is 2.31. The summed E-state index contributed by atoms with van der Waals surface area (Å²) in [6, 6.07) is 16.8. The molecule has 3 aliphatic rings. The van der Waals surface area contributed by atoms with Crippen LogP contribution in [0.25, 0.3) is 32.9 Å². The second kappa shape index (κ2) is 17.1. The molecule has 0 bridgehead atoms. The maximum Gasteiger partial charge on any atom is 0.262 e. The largest absolute Gasteiger partial charge is 0.491 e. The van der Waals surface area contributed by atoms with Gasteiger partial charge in [0.2, 0.25) is 5.91 Å². The van der Waals surface area contributed by atoms with Gasteiger partial charge < -0.3 is 29.4 Å². The molecular weight excluding hydrogens is 711 g/mol. The number of hydrogen-bond donors (Lipinski definition) is 2. The van der Waals surface area contributed by atoms with Crippen molar-refractivity contribution in [1.29, 1.82) is 0 Å². The molecule has 6 heterocycles. The van der Waals surface area contributed by atoms with Gasteiger partial charge in [0.15, 0.2) is 0 Å². The van der Waals surface area contributed by atoms with Crippen molar-refractivity contribution in [3.05, 3.63) is 102 Å². The molecule has 8 rings (SSSR count). The predicted molar refractivity (Wildman–Crippen MR) is 212 cm³/mol. The van der Waals surface area contributed by atoms with Crippen LogP contribution in [0.15, 0.2) is 85.5 Å². The Morgan fingerprint density at radius 3 is 2.32 bits per heavy atom. The Balaban J connectivity index is 0.662. The predicted octanol–water partition coefficient (Wildman–Crippen LogP) is 4.83. The van der Waals surface area contributed by atoms with E-state index in [2.05, 4.69) is 62.0 Å². The standard InChI is InChI=1S/C43H47N7O6/c1-29-4-11-40(41(51)46-29)50-42(52)35-10-8-33(26-36(35)43(50)53)56-24-23-55-22-21-54-20-19-49-17-15-48(16-18-49)14-2-3-32-7-5-31(27-45-32)30-6-9-34-37-28-44-13-12-38(37)47-39(34)25-30/h5-10,12-13,25-28,40,47H,1-4,11,14-24H2,(H,46,51). The Labute approximate surface area is 325 Å². The van der Waals surface area contributed by atoms with Gasteiger partial charge in [0.1, 0.15) is 18.4 Å². The van der Waals surface area contributed by atoms with Crippen molar-refractivity contribution < 1.29 is 28.6 Å². The number of piperazine rings is 1. The minimum atomic E-state index is -0.841. The topological polar surface area (TPSA) is 142 Å². The average Bonchev–Trinajstić information content (AvgIpc) is 3.71. The van der Waals surface area contributed by atoms with Gasteiger partial charge in [-0.1, -0.05) is 24.8 Å². The van der Waals surface area contributed by atoms with Gasteiger partial charge in [0.05, 0.1) is 37.6 Å². The molecule has 1 atom stereocenters. The fourth-order valence-electron chi connectivity index (χ4n) is 7.74. The molecule has 3 amide bonds. The smallest absolute Gasteiger partial charge is 0.262 e. The summed E-state index contributed by atoms with van der Waals surface area (Å²) in [5, 5.41) is 4.97. The number of piperidine rings is 1. The number of amides is 3. The number of aromatic nitrogens is 3. The number of carbonyl (C=O) groups is 3. The van der Waals surface area contributed by atoms with Crippen molar-refractivity contribution in [3.8, 4) is 16.9 Å². The lowest BCUT2D eigenvalue weighted by Crippen LogP contribution is -2.51. The molecule has 1 unspecified atom stereocenters. The van der Waals surface area contributed by atoms with Gasteiger partial charge in [0.25, 0.3) is 11.8 Å². The van der Waals surface area contributed by atoms with E-state index < -0.39 is 17.9 Å². The molecule has 2 N–H and O–H groups in total. The first-order chi connectivity index (χ1) is 27.4. The third-order valence-corrected chi connectivity index (χ3v) is 10.9. The number of benzene rings is 2. The molecular formula is C43H47N7O6. The minimum absolute atomic E-state index is 0.242. The van der Waals surface area contributed by atoms with Crippen molar-refractivity contribution in [2.24, 2.45) is 0 Å². The molecule has 2 fully saturated rings. The fourth-order valence-corrected chi connectivity index (χ4v) is 7.74. The molecule has 0 saturated carbocycles. The second-order valence-electron chi connectivity index (χ2n) is 14.5. The van der Waals surface area contributed by atoms with Crippen molar-refractivity contribution in [2.75, 3.05) is 72.3 Å². The van der Waals surface area contributed by atoms with E-state index in [4.69, 9.17) is 19.2 Å². The first kappa shape index (κ1) is 37.5. The summed E-state index contributed by atoms with van der Waals surface area (Å²) in [4.78, 5) is 57.0. The number of ether oxygens (including phenoxy) is 3. The minimum Gasteiger partial charge on any atom is -0.491 e. The molecule has 2 aromatic carbocycles. The van der Waals surface area contributed by atoms with E-state index in [-0.39, 0.29) is 23.6 Å². The highest BCUT2D eigenvalue weighted by atomic mass is 16.5. The number of imide groups is 1. The van der Waals surface area contributed by atoms with E-state index in [0.717, 1.165) is 90.3 Å². The van der Waals surface area contributed by atoms with Gasteiger partial charge in [0, 0.05) is 90.1 Å². The van der Waals surface area contributed by atoms with Gasteiger partial charge in [-0.05, 0) is 74.2 Å². The van der Waals surface area contributed by atoms with Gasteiger partial charge >= 0.3 is 0 Å². The van der Waals surface area contributed by atoms with Crippen LogP contribution in [0.4, 0.5) is 0 Å². The maximum absolute atomic E-state index is 13.1. The second-order valence-corrected chi connectivity index (χ2v) is 14.5. The molecule has 290 valence electrons. The number of H-pyrrole nitrogens is 1. The van der Waals surface area contributed by atoms with Crippen molar-refractivity contribution in [2.45, 2.75) is 31.7 Å². The van der Waals surface area contributed by atoms with Crippen LogP contribution in [0.3, 0.4) is 0 Å². The highest BCUT2D eigenvalue weighted by Gasteiger charge is 2.44. The SMILES string of the molecule is C=C1CCC(N2C(=O)c3ccc(OCCOCCOCCN4CCN(CCCc5ccc(-c6ccc7c(c6)[nH]c6ccncc67)cn5)CC4)cc3C2=O)C(=O)N1. The number of carbonyl (C=O) groups excluding carboxylic acids is 3. The Morgan fingerprint density at radius 1 is 0.750 bits per heavy atom. The monoisotopic (exact) mass is 757 g/mol. The van der Waals surface area contributed by atoms with E-state index in [1.807, 2.05) is 24.7 Å². The zero-order chi connectivity index (χ0) is 38.4. The molecule has 5 aromatic rings. The molecule has 0 radical (unpaired) electrons. The first-order valence-corrected chi connectivity index (χ1v) is 19.5. The van der Waals surface area contributed by atoms with Gasteiger partial charge in [-0.3, -0.25) is 34.2 Å². The number of allylic oxidation sites excluding steroid dienone is 1. The van der Waals surface area contributed by atoms with E-state index in [9.17, 15) is 14.4 Å². The quantitative estimate of drug-likeness (QED) is 0.106. The van der Waals surface area contributed by atoms with Crippen LogP contribution in [0, 0.1) is 0 Å². The fraction of sp³-hybridized carbons (Fsp3) is 0.372. The molecule has 0 spiro atoms. The third kappa shape index (κ3) is 8.36. The Morgan fingerprint density at radius 2 is 1.52 bits per heavy atom. The van der Waals surface area contributed by atoms with Crippen LogP contribution in [0.5, 0.6) is 5.75 Å². The Kier molecular flexibility index (Phi) is 11.5. The van der Waals surface area contributed by atoms with E-state index in [1.54, 1.807) is 18.2 Å². The molecule has 3 aliphatic heterocycles. The van der Waals surface area contributed by atoms with Gasteiger partial charge in [-0.2, -0.15) is 0 Å². The summed E-state index contributed by atoms with van der Waals surface area (Å²) < 4.78 is 17.3. The van der Waals surface area contributed by atoms with Crippen LogP contribution < -0.4 is 10.1 Å². The lowest BCUT2D eigenvalue weighted by Gasteiger charge is -2.34. The summed E-state index contributed by atoms with van der Waals surface area (Å²) in [7, 11) is 0. The van der Waals surface area contributed by atoms with Crippen molar-refractivity contribution in [3.63, 3.8) is 0 Å². The maximum atomic E-state index is 13.1. The lowest BCUT2D eigenvalue weighted by atomic mass is 10.0. The van der Waals surface area contributed by atoms with Crippen LogP contribution in [-0.4, -0.2) is 126 Å². The summed E-state index contributed by atoms with van der Waals surface area (Å²) in [5.41, 5.74) is 6.71. The number of aromatic amines is 1. The summed E-state index contributed by atoms with van der Waals surface area (Å²) in [5.74, 6) is -0.875. The Bertz CT molecular complexity index is 2230. The van der Waals surface area contributed by atoms with Crippen LogP contribution >= 0.6 is 0 Å². The van der Waals surface area contributed by atoms with E-state index in [1.165, 1.54) is 5.39 Å². The Hall–Kier alpha value is -5.47. The molecule has 13 nitrogen and oxygen atoms in total. The summed E-state index contributed by atoms with van der Waals surface area (Å²) in [6.45, 7) is 12.2. The number of rotatable bonds is 16.